The number of nitrogens with two attached hydrogens (primary N) is 1. The Balaban J connectivity index is 2.19. The van der Waals surface area contributed by atoms with Crippen LogP contribution in [0.4, 0.5) is 0 Å². The fourth-order valence-corrected chi connectivity index (χ4v) is 2.77. The van der Waals surface area contributed by atoms with Crippen molar-refractivity contribution in [1.82, 2.24) is 9.97 Å². The average Bonchev–Trinajstić information content (AvgIpc) is 2.38. The van der Waals surface area contributed by atoms with E-state index in [2.05, 4.69) is 25.9 Å². The molecule has 0 saturated carbocycles. The summed E-state index contributed by atoms with van der Waals surface area (Å²) in [7, 11) is 0. The van der Waals surface area contributed by atoms with Gasteiger partial charge in [0.05, 0.1) is 16.0 Å². The first kappa shape index (κ1) is 13.5. The topological polar surface area (TPSA) is 51.8 Å². The third-order valence-corrected chi connectivity index (χ3v) is 4.28. The van der Waals surface area contributed by atoms with Crippen molar-refractivity contribution in [3.8, 4) is 0 Å². The van der Waals surface area contributed by atoms with Gasteiger partial charge < -0.3 is 5.73 Å². The molecular weight excluding hydrogens is 310 g/mol. The summed E-state index contributed by atoms with van der Waals surface area (Å²) < 4.78 is 0.974. The molecule has 0 radical (unpaired) electrons. The maximum Gasteiger partial charge on any atom is 0.0967 e. The zero-order valence-corrected chi connectivity index (χ0v) is 12.4. The molecule has 5 heteroatoms. The summed E-state index contributed by atoms with van der Waals surface area (Å²) >= 11 is 5.02. The minimum absolute atomic E-state index is 0.00958. The lowest BCUT2D eigenvalue weighted by Crippen LogP contribution is -2.23. The van der Waals surface area contributed by atoms with Gasteiger partial charge in [0.15, 0.2) is 0 Å². The molecule has 2 rings (SSSR count). The molecule has 0 aliphatic carbocycles. The zero-order valence-electron chi connectivity index (χ0n) is 9.95. The second kappa shape index (κ2) is 6.31. The molecule has 2 aromatic rings. The van der Waals surface area contributed by atoms with E-state index < -0.39 is 0 Å². The van der Waals surface area contributed by atoms with Gasteiger partial charge >= 0.3 is 0 Å². The van der Waals surface area contributed by atoms with Crippen LogP contribution in [0, 0.1) is 0 Å². The summed E-state index contributed by atoms with van der Waals surface area (Å²) in [6.07, 6.45) is 3.58. The molecule has 94 valence electrons. The number of pyridine rings is 2. The molecule has 2 unspecified atom stereocenters. The van der Waals surface area contributed by atoms with E-state index in [4.69, 9.17) is 5.73 Å². The Morgan fingerprint density at radius 2 is 2.06 bits per heavy atom. The Kier molecular flexibility index (Phi) is 4.74. The first-order valence-corrected chi connectivity index (χ1v) is 7.29. The van der Waals surface area contributed by atoms with Gasteiger partial charge in [-0.25, -0.2) is 4.98 Å². The van der Waals surface area contributed by atoms with Crippen molar-refractivity contribution in [2.24, 2.45) is 5.73 Å². The van der Waals surface area contributed by atoms with E-state index in [0.717, 1.165) is 15.2 Å². The van der Waals surface area contributed by atoms with Gasteiger partial charge in [-0.3, -0.25) is 4.98 Å². The molecule has 2 heterocycles. The molecule has 2 atom stereocenters. The van der Waals surface area contributed by atoms with E-state index >= 15 is 0 Å². The molecule has 2 N–H and O–H groups in total. The van der Waals surface area contributed by atoms with Gasteiger partial charge in [-0.2, -0.15) is 0 Å². The lowest BCUT2D eigenvalue weighted by Gasteiger charge is -2.19. The highest BCUT2D eigenvalue weighted by Gasteiger charge is 2.19. The highest BCUT2D eigenvalue weighted by atomic mass is 79.9. The van der Waals surface area contributed by atoms with Crippen LogP contribution < -0.4 is 5.73 Å². The van der Waals surface area contributed by atoms with E-state index in [9.17, 15) is 0 Å². The maximum absolute atomic E-state index is 6.05. The molecule has 0 fully saturated rings. The lowest BCUT2D eigenvalue weighted by molar-refractivity contribution is 0.704. The van der Waals surface area contributed by atoms with E-state index in [0.29, 0.717) is 0 Å². The van der Waals surface area contributed by atoms with Crippen LogP contribution in [0.1, 0.15) is 17.9 Å². The van der Waals surface area contributed by atoms with E-state index in [1.54, 1.807) is 24.2 Å². The third-order valence-electron chi connectivity index (χ3n) is 2.40. The molecule has 18 heavy (non-hydrogen) atoms. The molecule has 0 spiro atoms. The molecule has 0 saturated heterocycles. The molecule has 0 amide bonds. The van der Waals surface area contributed by atoms with Gasteiger partial charge in [-0.1, -0.05) is 17.8 Å². The second-order valence-electron chi connectivity index (χ2n) is 3.97. The summed E-state index contributed by atoms with van der Waals surface area (Å²) in [5, 5.41) is 1.06. The van der Waals surface area contributed by atoms with Crippen LogP contribution in [0.25, 0.3) is 0 Å². The standard InChI is InChI=1S/C13H14BrN3S/c1-9(15)13(11-4-2-3-7-16-11)18-12-6-5-10(14)8-17-12/h2-9,13H,15H2,1H3. The summed E-state index contributed by atoms with van der Waals surface area (Å²) in [6, 6.07) is 9.85. The maximum atomic E-state index is 6.05. The van der Waals surface area contributed by atoms with Gasteiger partial charge in [0.25, 0.3) is 0 Å². The van der Waals surface area contributed by atoms with Crippen molar-refractivity contribution >= 4 is 27.7 Å². The third kappa shape index (κ3) is 3.54. The van der Waals surface area contributed by atoms with E-state index in [-0.39, 0.29) is 11.3 Å². The normalized spacial score (nSPS) is 14.2. The lowest BCUT2D eigenvalue weighted by atomic mass is 10.2. The smallest absolute Gasteiger partial charge is 0.0967 e. The fraction of sp³-hybridized carbons (Fsp3) is 0.231. The highest BCUT2D eigenvalue weighted by Crippen LogP contribution is 2.35. The van der Waals surface area contributed by atoms with Crippen LogP contribution in [0.5, 0.6) is 0 Å². The molecular formula is C13H14BrN3S. The average molecular weight is 324 g/mol. The SMILES string of the molecule is CC(N)C(Sc1ccc(Br)cn1)c1ccccn1. The number of rotatable bonds is 4. The molecule has 0 aliphatic heterocycles. The number of hydrogen-bond donors (Lipinski definition) is 1. The Bertz CT molecular complexity index is 487. The molecule has 3 nitrogen and oxygen atoms in total. The summed E-state index contributed by atoms with van der Waals surface area (Å²) in [5.74, 6) is 0. The Morgan fingerprint density at radius 1 is 1.22 bits per heavy atom. The predicted octanol–water partition coefficient (Wildman–Crippen LogP) is 3.42. The van der Waals surface area contributed by atoms with Crippen LogP contribution >= 0.6 is 27.7 Å². The molecule has 0 aliphatic rings. The minimum atomic E-state index is 0.00958. The van der Waals surface area contributed by atoms with Crippen molar-refractivity contribution in [1.29, 1.82) is 0 Å². The van der Waals surface area contributed by atoms with Gasteiger partial charge in [0, 0.05) is 22.9 Å². The quantitative estimate of drug-likeness (QED) is 0.876. The van der Waals surface area contributed by atoms with E-state index in [1.807, 2.05) is 37.3 Å². The minimum Gasteiger partial charge on any atom is -0.327 e. The van der Waals surface area contributed by atoms with Gasteiger partial charge in [-0.05, 0) is 47.1 Å². The number of nitrogens with zero attached hydrogens (tertiary/aromatic N) is 2. The van der Waals surface area contributed by atoms with Crippen LogP contribution in [0.2, 0.25) is 0 Å². The van der Waals surface area contributed by atoms with Crippen molar-refractivity contribution in [2.75, 3.05) is 0 Å². The highest BCUT2D eigenvalue weighted by molar-refractivity contribution is 9.10. The van der Waals surface area contributed by atoms with Crippen LogP contribution in [0.3, 0.4) is 0 Å². The summed E-state index contributed by atoms with van der Waals surface area (Å²) in [6.45, 7) is 1.99. The number of thioether (sulfide) groups is 1. The monoisotopic (exact) mass is 323 g/mol. The molecule has 0 bridgehead atoms. The Morgan fingerprint density at radius 3 is 2.61 bits per heavy atom. The number of halogens is 1. The van der Waals surface area contributed by atoms with Crippen molar-refractivity contribution in [3.63, 3.8) is 0 Å². The molecule has 0 aromatic carbocycles. The summed E-state index contributed by atoms with van der Waals surface area (Å²) in [5.41, 5.74) is 7.04. The number of hydrogen-bond acceptors (Lipinski definition) is 4. The van der Waals surface area contributed by atoms with Crippen LogP contribution in [-0.2, 0) is 0 Å². The first-order chi connectivity index (χ1) is 8.66. The zero-order chi connectivity index (χ0) is 13.0. The van der Waals surface area contributed by atoms with Gasteiger partial charge in [-0.15, -0.1) is 0 Å². The van der Waals surface area contributed by atoms with Crippen LogP contribution in [-0.4, -0.2) is 16.0 Å². The van der Waals surface area contributed by atoms with Crippen molar-refractivity contribution in [3.05, 3.63) is 52.9 Å². The Labute approximate surface area is 119 Å². The first-order valence-electron chi connectivity index (χ1n) is 5.61. The van der Waals surface area contributed by atoms with Gasteiger partial charge in [0.1, 0.15) is 0 Å². The molecule has 2 aromatic heterocycles. The van der Waals surface area contributed by atoms with Gasteiger partial charge in [0.2, 0.25) is 0 Å². The number of aromatic nitrogens is 2. The summed E-state index contributed by atoms with van der Waals surface area (Å²) in [4.78, 5) is 8.73. The van der Waals surface area contributed by atoms with Crippen LogP contribution in [0.15, 0.2) is 52.2 Å². The van der Waals surface area contributed by atoms with Crippen molar-refractivity contribution < 1.29 is 0 Å². The van der Waals surface area contributed by atoms with Crippen molar-refractivity contribution in [2.45, 2.75) is 23.2 Å². The second-order valence-corrected chi connectivity index (χ2v) is 6.04. The van der Waals surface area contributed by atoms with E-state index in [1.165, 1.54) is 0 Å². The largest absolute Gasteiger partial charge is 0.327 e. The predicted molar refractivity (Wildman–Crippen MR) is 78.4 cm³/mol. The fourth-order valence-electron chi connectivity index (χ4n) is 1.54. The Hall–Kier alpha value is -0.910.